The Morgan fingerprint density at radius 2 is 2.17 bits per heavy atom. The molecule has 0 nitrogen and oxygen atoms in total. The average molecular weight is 164 g/mol. The van der Waals surface area contributed by atoms with E-state index in [1.165, 1.54) is 31.3 Å². The van der Waals surface area contributed by atoms with Gasteiger partial charge in [-0.2, -0.15) is 0 Å². The van der Waals surface area contributed by atoms with Gasteiger partial charge in [-0.15, -0.1) is 0 Å². The van der Waals surface area contributed by atoms with Gasteiger partial charge in [0.1, 0.15) is 0 Å². The summed E-state index contributed by atoms with van der Waals surface area (Å²) in [4.78, 5) is 0. The molecule has 0 aromatic rings. The van der Waals surface area contributed by atoms with Crippen molar-refractivity contribution in [2.24, 2.45) is 5.92 Å². The maximum Gasteiger partial charge on any atom is -0.0232 e. The summed E-state index contributed by atoms with van der Waals surface area (Å²) in [7, 11) is 0. The largest absolute Gasteiger partial charge is 0.0885 e. The van der Waals surface area contributed by atoms with E-state index in [-0.39, 0.29) is 0 Å². The van der Waals surface area contributed by atoms with Crippen molar-refractivity contribution in [2.45, 2.75) is 46.5 Å². The fourth-order valence-electron chi connectivity index (χ4n) is 1.33. The number of hydrogen-bond acceptors (Lipinski definition) is 0. The lowest BCUT2D eigenvalue weighted by atomic mass is 9.97. The minimum Gasteiger partial charge on any atom is -0.0885 e. The van der Waals surface area contributed by atoms with Crippen LogP contribution in [0.2, 0.25) is 0 Å². The molecule has 0 spiro atoms. The van der Waals surface area contributed by atoms with Crippen molar-refractivity contribution in [2.75, 3.05) is 0 Å². The second kappa shape index (κ2) is 4.49. The van der Waals surface area contributed by atoms with Gasteiger partial charge in [0.25, 0.3) is 0 Å². The Balaban J connectivity index is 2.17. The van der Waals surface area contributed by atoms with Crippen molar-refractivity contribution in [1.29, 1.82) is 0 Å². The molecule has 1 aliphatic carbocycles. The van der Waals surface area contributed by atoms with Crippen molar-refractivity contribution >= 4 is 0 Å². The number of rotatable bonds is 4. The van der Waals surface area contributed by atoms with Crippen molar-refractivity contribution in [3.8, 4) is 0 Å². The average Bonchev–Trinajstić information content (AvgIpc) is 2.86. The lowest BCUT2D eigenvalue weighted by molar-refractivity contribution is 0.620. The normalized spacial score (nSPS) is 19.2. The Labute approximate surface area is 76.4 Å². The second-order valence-corrected chi connectivity index (χ2v) is 3.87. The van der Waals surface area contributed by atoms with Crippen LogP contribution in [0.3, 0.4) is 0 Å². The first kappa shape index (κ1) is 9.57. The Morgan fingerprint density at radius 1 is 1.50 bits per heavy atom. The molecule has 0 aromatic heterocycles. The predicted octanol–water partition coefficient (Wildman–Crippen LogP) is 4.09. The summed E-state index contributed by atoms with van der Waals surface area (Å²) in [6.07, 6.45) is 10.0. The van der Waals surface area contributed by atoms with E-state index >= 15 is 0 Å². The summed E-state index contributed by atoms with van der Waals surface area (Å²) >= 11 is 0. The summed E-state index contributed by atoms with van der Waals surface area (Å²) < 4.78 is 0. The minimum atomic E-state index is 0.769. The molecule has 0 saturated heterocycles. The molecular weight excluding hydrogens is 144 g/mol. The van der Waals surface area contributed by atoms with Gasteiger partial charge >= 0.3 is 0 Å². The van der Waals surface area contributed by atoms with Crippen LogP contribution in [0.5, 0.6) is 0 Å². The van der Waals surface area contributed by atoms with Crippen LogP contribution in [0, 0.1) is 5.92 Å². The zero-order valence-electron chi connectivity index (χ0n) is 8.56. The molecule has 1 fully saturated rings. The number of hydrogen-bond donors (Lipinski definition) is 0. The van der Waals surface area contributed by atoms with Crippen LogP contribution in [0.15, 0.2) is 23.3 Å². The third kappa shape index (κ3) is 3.25. The van der Waals surface area contributed by atoms with E-state index in [4.69, 9.17) is 0 Å². The fourth-order valence-corrected chi connectivity index (χ4v) is 1.33. The van der Waals surface area contributed by atoms with Crippen LogP contribution in [-0.4, -0.2) is 0 Å². The zero-order valence-corrected chi connectivity index (χ0v) is 8.56. The van der Waals surface area contributed by atoms with Crippen LogP contribution in [0.4, 0.5) is 0 Å². The monoisotopic (exact) mass is 164 g/mol. The van der Waals surface area contributed by atoms with Crippen LogP contribution in [0.25, 0.3) is 0 Å². The molecule has 0 N–H and O–H groups in total. The molecule has 0 bridgehead atoms. The minimum absolute atomic E-state index is 0.769. The summed E-state index contributed by atoms with van der Waals surface area (Å²) in [6.45, 7) is 6.68. The highest BCUT2D eigenvalue weighted by Crippen LogP contribution is 2.29. The predicted molar refractivity (Wildman–Crippen MR) is 55.1 cm³/mol. The zero-order chi connectivity index (χ0) is 8.97. The van der Waals surface area contributed by atoms with Gasteiger partial charge in [-0.1, -0.05) is 30.2 Å². The maximum absolute atomic E-state index is 2.43. The molecule has 12 heavy (non-hydrogen) atoms. The molecule has 68 valence electrons. The molecule has 1 aliphatic rings. The van der Waals surface area contributed by atoms with Gasteiger partial charge in [0, 0.05) is 0 Å². The maximum atomic E-state index is 2.43. The Bertz CT molecular complexity index is 190. The van der Waals surface area contributed by atoms with E-state index in [0.29, 0.717) is 0 Å². The van der Waals surface area contributed by atoms with Crippen molar-refractivity contribution < 1.29 is 0 Å². The van der Waals surface area contributed by atoms with Crippen molar-refractivity contribution in [3.05, 3.63) is 23.3 Å². The van der Waals surface area contributed by atoms with Gasteiger partial charge in [-0.25, -0.2) is 0 Å². The summed E-state index contributed by atoms with van der Waals surface area (Å²) in [5, 5.41) is 0. The smallest absolute Gasteiger partial charge is 0.0232 e. The first-order chi connectivity index (χ1) is 5.74. The van der Waals surface area contributed by atoms with E-state index in [9.17, 15) is 0 Å². The van der Waals surface area contributed by atoms with E-state index in [1.54, 1.807) is 5.57 Å². The molecule has 0 heteroatoms. The fraction of sp³-hybridized carbons (Fsp3) is 0.667. The molecule has 1 unspecified atom stereocenters. The standard InChI is InChI=1S/C12H20/c1-4-10(2)11(3)6-5-7-12-8-9-12/h4,7,11H,5-6,8-9H2,1-3H3. The SMILES string of the molecule is CC=C(C)C(C)CCC=C1CC1. The molecule has 0 heterocycles. The highest BCUT2D eigenvalue weighted by molar-refractivity contribution is 5.16. The molecule has 1 saturated carbocycles. The van der Waals surface area contributed by atoms with Gasteiger partial charge in [-0.3, -0.25) is 0 Å². The van der Waals surface area contributed by atoms with E-state index < -0.39 is 0 Å². The summed E-state index contributed by atoms with van der Waals surface area (Å²) in [6, 6.07) is 0. The number of allylic oxidation sites excluding steroid dienone is 4. The van der Waals surface area contributed by atoms with Crippen LogP contribution < -0.4 is 0 Å². The lowest BCUT2D eigenvalue weighted by Gasteiger charge is -2.09. The van der Waals surface area contributed by atoms with Gasteiger partial charge in [0.05, 0.1) is 0 Å². The van der Waals surface area contributed by atoms with E-state index in [1.807, 2.05) is 0 Å². The van der Waals surface area contributed by atoms with Crippen LogP contribution >= 0.6 is 0 Å². The first-order valence-electron chi connectivity index (χ1n) is 5.04. The van der Waals surface area contributed by atoms with Gasteiger partial charge in [-0.05, 0) is 45.4 Å². The Hall–Kier alpha value is -0.520. The van der Waals surface area contributed by atoms with E-state index in [2.05, 4.69) is 32.9 Å². The topological polar surface area (TPSA) is 0 Å². The Morgan fingerprint density at radius 3 is 2.67 bits per heavy atom. The molecule has 0 aromatic carbocycles. The van der Waals surface area contributed by atoms with Crippen LogP contribution in [0.1, 0.15) is 46.5 Å². The summed E-state index contributed by atoms with van der Waals surface area (Å²) in [5.41, 5.74) is 3.21. The molecule has 0 aliphatic heterocycles. The molecule has 0 radical (unpaired) electrons. The summed E-state index contributed by atoms with van der Waals surface area (Å²) in [5.74, 6) is 0.769. The quantitative estimate of drug-likeness (QED) is 0.549. The van der Waals surface area contributed by atoms with Crippen molar-refractivity contribution in [1.82, 2.24) is 0 Å². The van der Waals surface area contributed by atoms with Crippen molar-refractivity contribution in [3.63, 3.8) is 0 Å². The lowest BCUT2D eigenvalue weighted by Crippen LogP contribution is -1.94. The van der Waals surface area contributed by atoms with Gasteiger partial charge in [0.2, 0.25) is 0 Å². The molecular formula is C12H20. The molecule has 0 amide bonds. The second-order valence-electron chi connectivity index (χ2n) is 3.87. The molecule has 1 atom stereocenters. The van der Waals surface area contributed by atoms with E-state index in [0.717, 1.165) is 5.92 Å². The van der Waals surface area contributed by atoms with Crippen LogP contribution in [-0.2, 0) is 0 Å². The highest BCUT2D eigenvalue weighted by atomic mass is 14.2. The van der Waals surface area contributed by atoms with Gasteiger partial charge in [0.15, 0.2) is 0 Å². The third-order valence-corrected chi connectivity index (χ3v) is 2.80. The molecule has 1 rings (SSSR count). The van der Waals surface area contributed by atoms with Gasteiger partial charge < -0.3 is 0 Å². The first-order valence-corrected chi connectivity index (χ1v) is 5.04. The third-order valence-electron chi connectivity index (χ3n) is 2.80. The highest BCUT2D eigenvalue weighted by Gasteiger charge is 2.10. The Kier molecular flexibility index (Phi) is 3.58.